The summed E-state index contributed by atoms with van der Waals surface area (Å²) in [4.78, 5) is 23.0. The lowest BCUT2D eigenvalue weighted by Gasteiger charge is -2.22. The normalized spacial score (nSPS) is 17.0. The van der Waals surface area contributed by atoms with Crippen molar-refractivity contribution in [3.8, 4) is 5.75 Å². The van der Waals surface area contributed by atoms with Gasteiger partial charge in [0.25, 0.3) is 0 Å². The van der Waals surface area contributed by atoms with Gasteiger partial charge < -0.3 is 20.1 Å². The first-order valence-electron chi connectivity index (χ1n) is 7.03. The highest BCUT2D eigenvalue weighted by Gasteiger charge is 2.20. The molecule has 1 atom stereocenters. The van der Waals surface area contributed by atoms with Crippen molar-refractivity contribution < 1.29 is 19.1 Å². The molecule has 2 N–H and O–H groups in total. The number of anilines is 1. The Morgan fingerprint density at radius 3 is 2.59 bits per heavy atom. The number of halogens is 1. The Morgan fingerprint density at radius 1 is 1.27 bits per heavy atom. The lowest BCUT2D eigenvalue weighted by Crippen LogP contribution is -2.43. The molecule has 122 valence electrons. The summed E-state index contributed by atoms with van der Waals surface area (Å²) in [6.45, 7) is 0.757. The molecule has 6 nitrogen and oxygen atoms in total. The van der Waals surface area contributed by atoms with Crippen LogP contribution < -0.4 is 15.4 Å². The summed E-state index contributed by atoms with van der Waals surface area (Å²) in [5, 5.41) is 6.07. The van der Waals surface area contributed by atoms with Crippen LogP contribution >= 0.6 is 12.4 Å². The van der Waals surface area contributed by atoms with Gasteiger partial charge in [-0.1, -0.05) is 6.42 Å². The number of hydrogen-bond acceptors (Lipinski definition) is 5. The first-order valence-corrected chi connectivity index (χ1v) is 7.03. The van der Waals surface area contributed by atoms with E-state index in [2.05, 4.69) is 15.4 Å². The zero-order chi connectivity index (χ0) is 15.1. The van der Waals surface area contributed by atoms with Gasteiger partial charge in [-0.2, -0.15) is 0 Å². The molecule has 0 aliphatic carbocycles. The van der Waals surface area contributed by atoms with Crippen LogP contribution in [0.15, 0.2) is 24.3 Å². The second-order valence-electron chi connectivity index (χ2n) is 4.88. The summed E-state index contributed by atoms with van der Waals surface area (Å²) in [5.74, 6) is 0.0999. The van der Waals surface area contributed by atoms with Crippen LogP contribution in [0, 0.1) is 0 Å². The lowest BCUT2D eigenvalue weighted by molar-refractivity contribution is -0.142. The highest BCUT2D eigenvalue weighted by atomic mass is 35.5. The molecule has 1 aliphatic heterocycles. The molecule has 22 heavy (non-hydrogen) atoms. The summed E-state index contributed by atoms with van der Waals surface area (Å²) in [7, 11) is 1.31. The van der Waals surface area contributed by atoms with Crippen molar-refractivity contribution in [2.75, 3.05) is 25.6 Å². The third kappa shape index (κ3) is 5.54. The van der Waals surface area contributed by atoms with Crippen LogP contribution in [0.25, 0.3) is 0 Å². The maximum atomic E-state index is 12.0. The molecular weight excluding hydrogens is 308 g/mol. The highest BCUT2D eigenvalue weighted by molar-refractivity contribution is 5.94. The van der Waals surface area contributed by atoms with Crippen LogP contribution in [0.2, 0.25) is 0 Å². The SMILES string of the molecule is COC(=O)COc1ccc(NC(=O)[C@@H]2CCCCN2)cc1.Cl. The zero-order valence-corrected chi connectivity index (χ0v) is 13.3. The minimum absolute atomic E-state index is 0. The molecule has 0 radical (unpaired) electrons. The molecule has 0 bridgehead atoms. The van der Waals surface area contributed by atoms with E-state index < -0.39 is 5.97 Å². The number of carbonyl (C=O) groups excluding carboxylic acids is 2. The van der Waals surface area contributed by atoms with Crippen LogP contribution in [0.3, 0.4) is 0 Å². The van der Waals surface area contributed by atoms with Gasteiger partial charge in [-0.15, -0.1) is 12.4 Å². The average molecular weight is 329 g/mol. The minimum atomic E-state index is -0.434. The molecule has 0 spiro atoms. The zero-order valence-electron chi connectivity index (χ0n) is 12.5. The topological polar surface area (TPSA) is 76.7 Å². The second kappa shape index (κ2) is 9.27. The Labute approximate surface area is 136 Å². The van der Waals surface area contributed by atoms with Gasteiger partial charge >= 0.3 is 5.97 Å². The van der Waals surface area contributed by atoms with Gasteiger partial charge in [-0.05, 0) is 43.7 Å². The minimum Gasteiger partial charge on any atom is -0.482 e. The third-order valence-electron chi connectivity index (χ3n) is 3.33. The Balaban J connectivity index is 0.00000242. The van der Waals surface area contributed by atoms with Crippen LogP contribution in [0.4, 0.5) is 5.69 Å². The van der Waals surface area contributed by atoms with Gasteiger partial charge in [0.15, 0.2) is 6.61 Å². The lowest BCUT2D eigenvalue weighted by atomic mass is 10.0. The van der Waals surface area contributed by atoms with Crippen molar-refractivity contribution in [3.63, 3.8) is 0 Å². The number of methoxy groups -OCH3 is 1. The quantitative estimate of drug-likeness (QED) is 0.805. The molecule has 1 fully saturated rings. The molecule has 2 rings (SSSR count). The van der Waals surface area contributed by atoms with E-state index in [-0.39, 0.29) is 31.0 Å². The van der Waals surface area contributed by atoms with Crippen molar-refractivity contribution in [2.24, 2.45) is 0 Å². The molecule has 0 unspecified atom stereocenters. The molecule has 1 aliphatic rings. The number of carbonyl (C=O) groups is 2. The number of amides is 1. The number of piperidine rings is 1. The summed E-state index contributed by atoms with van der Waals surface area (Å²) in [6, 6.07) is 6.77. The summed E-state index contributed by atoms with van der Waals surface area (Å²) in [5.41, 5.74) is 0.706. The Kier molecular flexibility index (Phi) is 7.70. The van der Waals surface area contributed by atoms with Gasteiger partial charge in [0, 0.05) is 5.69 Å². The molecule has 1 saturated heterocycles. The van der Waals surface area contributed by atoms with Gasteiger partial charge in [0.2, 0.25) is 5.91 Å². The summed E-state index contributed by atoms with van der Waals surface area (Å²) < 4.78 is 9.72. The van der Waals surface area contributed by atoms with E-state index in [4.69, 9.17) is 4.74 Å². The highest BCUT2D eigenvalue weighted by Crippen LogP contribution is 2.17. The number of rotatable bonds is 5. The number of ether oxygens (including phenoxy) is 2. The van der Waals surface area contributed by atoms with Crippen molar-refractivity contribution in [1.29, 1.82) is 0 Å². The van der Waals surface area contributed by atoms with Crippen molar-refractivity contribution >= 4 is 30.0 Å². The van der Waals surface area contributed by atoms with Gasteiger partial charge in [0.05, 0.1) is 13.2 Å². The van der Waals surface area contributed by atoms with E-state index in [1.54, 1.807) is 24.3 Å². The fraction of sp³-hybridized carbons (Fsp3) is 0.467. The maximum absolute atomic E-state index is 12.0. The molecule has 0 aromatic heterocycles. The predicted molar refractivity (Wildman–Crippen MR) is 85.5 cm³/mol. The average Bonchev–Trinajstić information content (AvgIpc) is 2.54. The van der Waals surface area contributed by atoms with Gasteiger partial charge in [-0.25, -0.2) is 4.79 Å². The Morgan fingerprint density at radius 2 is 2.00 bits per heavy atom. The molecule has 7 heteroatoms. The standard InChI is InChI=1S/C15H20N2O4.ClH/c1-20-14(18)10-21-12-7-5-11(6-8-12)17-15(19)13-4-2-3-9-16-13;/h5-8,13,16H,2-4,9-10H2,1H3,(H,17,19);1H/t13-;/m0./s1. The smallest absolute Gasteiger partial charge is 0.343 e. The number of esters is 1. The van der Waals surface area contributed by atoms with Crippen LogP contribution in [0.1, 0.15) is 19.3 Å². The maximum Gasteiger partial charge on any atom is 0.343 e. The van der Waals surface area contributed by atoms with Crippen LogP contribution in [-0.2, 0) is 14.3 Å². The molecule has 1 amide bonds. The number of nitrogens with one attached hydrogen (secondary N) is 2. The van der Waals surface area contributed by atoms with E-state index in [1.165, 1.54) is 7.11 Å². The molecule has 0 saturated carbocycles. The van der Waals surface area contributed by atoms with E-state index >= 15 is 0 Å². The van der Waals surface area contributed by atoms with E-state index in [0.29, 0.717) is 11.4 Å². The monoisotopic (exact) mass is 328 g/mol. The Hall–Kier alpha value is -1.79. The van der Waals surface area contributed by atoms with E-state index in [0.717, 1.165) is 25.8 Å². The number of hydrogen-bond donors (Lipinski definition) is 2. The van der Waals surface area contributed by atoms with E-state index in [1.807, 2.05) is 0 Å². The largest absolute Gasteiger partial charge is 0.482 e. The fourth-order valence-electron chi connectivity index (χ4n) is 2.14. The summed E-state index contributed by atoms with van der Waals surface area (Å²) >= 11 is 0. The van der Waals surface area contributed by atoms with Crippen LogP contribution in [0.5, 0.6) is 5.75 Å². The van der Waals surface area contributed by atoms with Crippen LogP contribution in [-0.4, -0.2) is 38.2 Å². The molecule has 1 aromatic rings. The molecule has 1 aromatic carbocycles. The first-order chi connectivity index (χ1) is 10.2. The molecule has 1 heterocycles. The fourth-order valence-corrected chi connectivity index (χ4v) is 2.14. The van der Waals surface area contributed by atoms with Crippen molar-refractivity contribution in [2.45, 2.75) is 25.3 Å². The Bertz CT molecular complexity index is 487. The summed E-state index contributed by atoms with van der Waals surface area (Å²) in [6.07, 6.45) is 3.06. The van der Waals surface area contributed by atoms with Gasteiger partial charge in [-0.3, -0.25) is 4.79 Å². The molecular formula is C15H21ClN2O4. The van der Waals surface area contributed by atoms with Gasteiger partial charge in [0.1, 0.15) is 5.75 Å². The first kappa shape index (κ1) is 18.3. The van der Waals surface area contributed by atoms with Crippen molar-refractivity contribution in [3.05, 3.63) is 24.3 Å². The predicted octanol–water partition coefficient (Wildman–Crippen LogP) is 1.74. The second-order valence-corrected chi connectivity index (χ2v) is 4.88. The third-order valence-corrected chi connectivity index (χ3v) is 3.33. The number of benzene rings is 1. The van der Waals surface area contributed by atoms with Crippen molar-refractivity contribution in [1.82, 2.24) is 5.32 Å². The van der Waals surface area contributed by atoms with E-state index in [9.17, 15) is 9.59 Å².